The molecule has 3 aromatic rings. The zero-order chi connectivity index (χ0) is 18.4. The molecule has 0 aliphatic rings. The maximum absolute atomic E-state index is 11.8. The van der Waals surface area contributed by atoms with E-state index in [4.69, 9.17) is 4.74 Å². The van der Waals surface area contributed by atoms with E-state index in [2.05, 4.69) is 57.2 Å². The molecule has 6 heteroatoms. The Morgan fingerprint density at radius 2 is 1.88 bits per heavy atom. The van der Waals surface area contributed by atoms with Crippen LogP contribution in [0.5, 0.6) is 0 Å². The minimum atomic E-state index is -0.416. The lowest BCUT2D eigenvalue weighted by Crippen LogP contribution is -2.27. The van der Waals surface area contributed by atoms with Crippen molar-refractivity contribution >= 4 is 28.7 Å². The standard InChI is InChI=1S/C20H20IN3O2/c1-24-13-18(16-7-9-17(21)10-8-16)23-19(24)11-12-22-20(25)26-14-15-5-3-2-4-6-15/h2-10,13H,11-12,14H2,1H3,(H,22,25). The molecule has 1 amide bonds. The molecule has 1 heterocycles. The van der Waals surface area contributed by atoms with Crippen molar-refractivity contribution in [2.45, 2.75) is 13.0 Å². The summed E-state index contributed by atoms with van der Waals surface area (Å²) >= 11 is 2.28. The molecule has 0 radical (unpaired) electrons. The number of carbonyl (C=O) groups is 1. The largest absolute Gasteiger partial charge is 0.445 e. The van der Waals surface area contributed by atoms with E-state index in [1.54, 1.807) is 0 Å². The molecule has 1 aromatic heterocycles. The van der Waals surface area contributed by atoms with Crippen molar-refractivity contribution in [3.63, 3.8) is 0 Å². The number of hydrogen-bond donors (Lipinski definition) is 1. The van der Waals surface area contributed by atoms with Crippen LogP contribution in [0.1, 0.15) is 11.4 Å². The molecule has 0 aliphatic heterocycles. The maximum Gasteiger partial charge on any atom is 0.407 e. The first-order valence-electron chi connectivity index (χ1n) is 8.34. The molecular weight excluding hydrogens is 441 g/mol. The number of imidazole rings is 1. The number of rotatable bonds is 6. The van der Waals surface area contributed by atoms with Crippen molar-refractivity contribution in [3.8, 4) is 11.3 Å². The second kappa shape index (κ2) is 8.84. The number of aryl methyl sites for hydroxylation is 1. The maximum atomic E-state index is 11.8. The molecule has 0 spiro atoms. The smallest absolute Gasteiger partial charge is 0.407 e. The van der Waals surface area contributed by atoms with Crippen LogP contribution in [0.15, 0.2) is 60.8 Å². The summed E-state index contributed by atoms with van der Waals surface area (Å²) in [5.74, 6) is 0.918. The summed E-state index contributed by atoms with van der Waals surface area (Å²) in [6, 6.07) is 17.9. The van der Waals surface area contributed by atoms with Gasteiger partial charge in [0.1, 0.15) is 12.4 Å². The molecule has 1 N–H and O–H groups in total. The molecule has 0 fully saturated rings. The summed E-state index contributed by atoms with van der Waals surface area (Å²) in [5, 5.41) is 2.77. The first-order chi connectivity index (χ1) is 12.6. The van der Waals surface area contributed by atoms with E-state index in [-0.39, 0.29) is 6.61 Å². The second-order valence-corrected chi connectivity index (χ2v) is 7.14. The van der Waals surface area contributed by atoms with Crippen molar-refractivity contribution in [2.24, 2.45) is 7.05 Å². The Hall–Kier alpha value is -2.35. The molecule has 2 aromatic carbocycles. The number of hydrogen-bond acceptors (Lipinski definition) is 3. The lowest BCUT2D eigenvalue weighted by atomic mass is 10.2. The van der Waals surface area contributed by atoms with Crippen LogP contribution in [0.4, 0.5) is 4.79 Å². The van der Waals surface area contributed by atoms with E-state index in [0.717, 1.165) is 22.6 Å². The molecule has 0 saturated heterocycles. The van der Waals surface area contributed by atoms with Gasteiger partial charge in [-0.1, -0.05) is 42.5 Å². The predicted octanol–water partition coefficient (Wildman–Crippen LogP) is 4.16. The van der Waals surface area contributed by atoms with Gasteiger partial charge in [0.15, 0.2) is 0 Å². The van der Waals surface area contributed by atoms with Crippen molar-refractivity contribution in [1.29, 1.82) is 0 Å². The van der Waals surface area contributed by atoms with Crippen molar-refractivity contribution in [3.05, 3.63) is 75.8 Å². The summed E-state index contributed by atoms with van der Waals surface area (Å²) in [5.41, 5.74) is 2.99. The SMILES string of the molecule is Cn1cc(-c2ccc(I)cc2)nc1CCNC(=O)OCc1ccccc1. The molecule has 0 atom stereocenters. The Bertz CT molecular complexity index is 861. The summed E-state index contributed by atoms with van der Waals surface area (Å²) in [4.78, 5) is 16.5. The topological polar surface area (TPSA) is 56.2 Å². The number of aromatic nitrogens is 2. The second-order valence-electron chi connectivity index (χ2n) is 5.90. The van der Waals surface area contributed by atoms with Gasteiger partial charge in [-0.3, -0.25) is 0 Å². The first kappa shape index (κ1) is 18.4. The highest BCUT2D eigenvalue weighted by Crippen LogP contribution is 2.19. The number of carbonyl (C=O) groups excluding carboxylic acids is 1. The molecule has 134 valence electrons. The number of amides is 1. The monoisotopic (exact) mass is 461 g/mol. The van der Waals surface area contributed by atoms with Crippen molar-refractivity contribution < 1.29 is 9.53 Å². The number of halogens is 1. The van der Waals surface area contributed by atoms with Crippen LogP contribution in [0.25, 0.3) is 11.3 Å². The van der Waals surface area contributed by atoms with E-state index in [9.17, 15) is 4.79 Å². The molecule has 26 heavy (non-hydrogen) atoms. The third kappa shape index (κ3) is 5.08. The highest BCUT2D eigenvalue weighted by Gasteiger charge is 2.08. The molecule has 0 bridgehead atoms. The Labute approximate surface area is 166 Å². The van der Waals surface area contributed by atoms with Gasteiger partial charge in [0.25, 0.3) is 0 Å². The number of nitrogens with one attached hydrogen (secondary N) is 1. The molecule has 5 nitrogen and oxygen atoms in total. The minimum absolute atomic E-state index is 0.270. The van der Waals surface area contributed by atoms with Crippen LogP contribution < -0.4 is 5.32 Å². The minimum Gasteiger partial charge on any atom is -0.445 e. The Morgan fingerprint density at radius 1 is 1.15 bits per heavy atom. The number of nitrogens with zero attached hydrogens (tertiary/aromatic N) is 2. The third-order valence-corrected chi connectivity index (χ3v) is 4.66. The number of alkyl carbamates (subject to hydrolysis) is 1. The first-order valence-corrected chi connectivity index (χ1v) is 9.42. The van der Waals surface area contributed by atoms with Crippen molar-refractivity contribution in [1.82, 2.24) is 14.9 Å². The van der Waals surface area contributed by atoms with Crippen LogP contribution >= 0.6 is 22.6 Å². The fourth-order valence-electron chi connectivity index (χ4n) is 2.55. The number of benzene rings is 2. The molecule has 0 aliphatic carbocycles. The number of ether oxygens (including phenoxy) is 1. The zero-order valence-electron chi connectivity index (χ0n) is 14.5. The summed E-state index contributed by atoms with van der Waals surface area (Å²) in [7, 11) is 1.96. The predicted molar refractivity (Wildman–Crippen MR) is 110 cm³/mol. The highest BCUT2D eigenvalue weighted by atomic mass is 127. The van der Waals surface area contributed by atoms with Gasteiger partial charge in [-0.25, -0.2) is 9.78 Å². The van der Waals surface area contributed by atoms with E-state index in [1.807, 2.05) is 48.1 Å². The van der Waals surface area contributed by atoms with Crippen LogP contribution in [0.3, 0.4) is 0 Å². The van der Waals surface area contributed by atoms with Crippen molar-refractivity contribution in [2.75, 3.05) is 6.54 Å². The van der Waals surface area contributed by atoms with E-state index in [1.165, 1.54) is 3.57 Å². The Morgan fingerprint density at radius 3 is 2.62 bits per heavy atom. The fourth-order valence-corrected chi connectivity index (χ4v) is 2.91. The Balaban J connectivity index is 1.49. The van der Waals surface area contributed by atoms with Gasteiger partial charge in [0, 0.05) is 35.3 Å². The zero-order valence-corrected chi connectivity index (χ0v) is 16.6. The average Bonchev–Trinajstić information content (AvgIpc) is 3.02. The summed E-state index contributed by atoms with van der Waals surface area (Å²) in [6.07, 6.45) is 2.23. The van der Waals surface area contributed by atoms with Gasteiger partial charge in [-0.2, -0.15) is 0 Å². The van der Waals surface area contributed by atoms with Crippen LogP contribution in [0, 0.1) is 3.57 Å². The van der Waals surface area contributed by atoms with Gasteiger partial charge in [0.05, 0.1) is 5.69 Å². The van der Waals surface area contributed by atoms with Crippen LogP contribution in [-0.2, 0) is 24.8 Å². The van der Waals surface area contributed by atoms with Gasteiger partial charge >= 0.3 is 6.09 Å². The van der Waals surface area contributed by atoms with Gasteiger partial charge in [0.2, 0.25) is 0 Å². The normalized spacial score (nSPS) is 10.5. The quantitative estimate of drug-likeness (QED) is 0.561. The van der Waals surface area contributed by atoms with Crippen LogP contribution in [0.2, 0.25) is 0 Å². The van der Waals surface area contributed by atoms with Gasteiger partial charge < -0.3 is 14.6 Å². The Kier molecular flexibility index (Phi) is 6.27. The van der Waals surface area contributed by atoms with Crippen LogP contribution in [-0.4, -0.2) is 22.2 Å². The van der Waals surface area contributed by atoms with E-state index in [0.29, 0.717) is 13.0 Å². The molecule has 3 rings (SSSR count). The van der Waals surface area contributed by atoms with E-state index >= 15 is 0 Å². The average molecular weight is 461 g/mol. The lowest BCUT2D eigenvalue weighted by molar-refractivity contribution is 0.139. The highest BCUT2D eigenvalue weighted by molar-refractivity contribution is 14.1. The lowest BCUT2D eigenvalue weighted by Gasteiger charge is -2.07. The third-order valence-electron chi connectivity index (χ3n) is 3.94. The van der Waals surface area contributed by atoms with Gasteiger partial charge in [-0.05, 0) is 40.3 Å². The van der Waals surface area contributed by atoms with Gasteiger partial charge in [-0.15, -0.1) is 0 Å². The molecule has 0 unspecified atom stereocenters. The fraction of sp³-hybridized carbons (Fsp3) is 0.200. The molecule has 0 saturated carbocycles. The molecular formula is C20H20IN3O2. The summed E-state index contributed by atoms with van der Waals surface area (Å²) < 4.78 is 8.39. The van der Waals surface area contributed by atoms with E-state index < -0.39 is 6.09 Å². The summed E-state index contributed by atoms with van der Waals surface area (Å²) in [6.45, 7) is 0.747.